The molecule has 5 heteroatoms. The Balaban J connectivity index is 1.93. The summed E-state index contributed by atoms with van der Waals surface area (Å²) in [4.78, 5) is 12.2. The molecule has 0 radical (unpaired) electrons. The van der Waals surface area contributed by atoms with E-state index in [2.05, 4.69) is 5.32 Å². The molecule has 0 aliphatic heterocycles. The third-order valence-electron chi connectivity index (χ3n) is 3.22. The minimum absolute atomic E-state index is 0.124. The Hall–Kier alpha value is -1.71. The van der Waals surface area contributed by atoms with E-state index in [0.29, 0.717) is 15.8 Å². The van der Waals surface area contributed by atoms with Crippen LogP contribution in [0.15, 0.2) is 48.5 Å². The lowest BCUT2D eigenvalue weighted by molar-refractivity contribution is -0.127. The Kier molecular flexibility index (Phi) is 5.69. The van der Waals surface area contributed by atoms with Crippen molar-refractivity contribution in [1.29, 1.82) is 0 Å². The van der Waals surface area contributed by atoms with Gasteiger partial charge in [-0.2, -0.15) is 0 Å². The van der Waals surface area contributed by atoms with Crippen molar-refractivity contribution in [2.24, 2.45) is 0 Å². The first-order chi connectivity index (χ1) is 10.5. The summed E-state index contributed by atoms with van der Waals surface area (Å²) in [5.41, 5.74) is 0.983. The first kappa shape index (κ1) is 16.7. The lowest BCUT2D eigenvalue weighted by Gasteiger charge is -2.19. The molecule has 2 atom stereocenters. The minimum Gasteiger partial charge on any atom is -0.481 e. The molecule has 2 aromatic rings. The minimum atomic E-state index is -0.601. The maximum absolute atomic E-state index is 12.2. The van der Waals surface area contributed by atoms with Crippen LogP contribution in [0.4, 0.5) is 0 Å². The zero-order chi connectivity index (χ0) is 16.1. The van der Waals surface area contributed by atoms with Crippen molar-refractivity contribution in [3.63, 3.8) is 0 Å². The fourth-order valence-electron chi connectivity index (χ4n) is 1.94. The van der Waals surface area contributed by atoms with Gasteiger partial charge in [0.15, 0.2) is 6.10 Å². The first-order valence-corrected chi connectivity index (χ1v) is 7.69. The van der Waals surface area contributed by atoms with Crippen molar-refractivity contribution in [3.8, 4) is 5.75 Å². The van der Waals surface area contributed by atoms with Crippen molar-refractivity contribution in [2.75, 3.05) is 0 Å². The zero-order valence-electron chi connectivity index (χ0n) is 12.3. The van der Waals surface area contributed by atoms with Crippen LogP contribution in [0, 0.1) is 0 Å². The van der Waals surface area contributed by atoms with Crippen molar-refractivity contribution in [3.05, 3.63) is 64.1 Å². The summed E-state index contributed by atoms with van der Waals surface area (Å²) in [6.07, 6.45) is -0.601. The second-order valence-corrected chi connectivity index (χ2v) is 5.87. The Morgan fingerprint density at radius 1 is 0.955 bits per heavy atom. The molecular weight excluding hydrogens is 321 g/mol. The van der Waals surface area contributed by atoms with Gasteiger partial charge in [-0.25, -0.2) is 0 Å². The molecule has 0 aliphatic carbocycles. The van der Waals surface area contributed by atoms with Crippen LogP contribution in [-0.2, 0) is 4.79 Å². The summed E-state index contributed by atoms with van der Waals surface area (Å²) < 4.78 is 5.60. The fraction of sp³-hybridized carbons (Fsp3) is 0.235. The molecule has 2 rings (SSSR count). The van der Waals surface area contributed by atoms with Gasteiger partial charge in [0, 0.05) is 10.0 Å². The summed E-state index contributed by atoms with van der Waals surface area (Å²) >= 11 is 11.7. The Morgan fingerprint density at radius 3 is 2.00 bits per heavy atom. The van der Waals surface area contributed by atoms with Crippen LogP contribution in [0.2, 0.25) is 10.0 Å². The van der Waals surface area contributed by atoms with Gasteiger partial charge in [-0.05, 0) is 55.8 Å². The van der Waals surface area contributed by atoms with Gasteiger partial charge >= 0.3 is 0 Å². The summed E-state index contributed by atoms with van der Waals surface area (Å²) in [5.74, 6) is 0.420. The van der Waals surface area contributed by atoms with Crippen LogP contribution in [0.1, 0.15) is 25.5 Å². The van der Waals surface area contributed by atoms with Crippen LogP contribution in [0.5, 0.6) is 5.75 Å². The van der Waals surface area contributed by atoms with Gasteiger partial charge in [0.2, 0.25) is 0 Å². The molecule has 3 nitrogen and oxygen atoms in total. The number of ether oxygens (including phenoxy) is 1. The van der Waals surface area contributed by atoms with E-state index in [-0.39, 0.29) is 11.9 Å². The number of amides is 1. The number of rotatable bonds is 5. The predicted octanol–water partition coefficient (Wildman–Crippen LogP) is 4.64. The van der Waals surface area contributed by atoms with Crippen LogP contribution >= 0.6 is 23.2 Å². The number of carbonyl (C=O) groups is 1. The number of hydrogen-bond donors (Lipinski definition) is 1. The quantitative estimate of drug-likeness (QED) is 0.863. The Morgan fingerprint density at radius 2 is 1.45 bits per heavy atom. The lowest BCUT2D eigenvalue weighted by Crippen LogP contribution is -2.37. The van der Waals surface area contributed by atoms with Crippen LogP contribution in [0.25, 0.3) is 0 Å². The van der Waals surface area contributed by atoms with Gasteiger partial charge in [-0.15, -0.1) is 0 Å². The molecule has 0 spiro atoms. The highest BCUT2D eigenvalue weighted by atomic mass is 35.5. The molecular formula is C17H17Cl2NO2. The van der Waals surface area contributed by atoms with Gasteiger partial charge in [-0.1, -0.05) is 35.3 Å². The van der Waals surface area contributed by atoms with Gasteiger partial charge < -0.3 is 10.1 Å². The highest BCUT2D eigenvalue weighted by Gasteiger charge is 2.17. The van der Waals surface area contributed by atoms with E-state index in [0.717, 1.165) is 5.56 Å². The predicted molar refractivity (Wildman–Crippen MR) is 89.6 cm³/mol. The number of carbonyl (C=O) groups excluding carboxylic acids is 1. The fourth-order valence-corrected chi connectivity index (χ4v) is 2.19. The largest absolute Gasteiger partial charge is 0.481 e. The molecule has 0 saturated heterocycles. The third-order valence-corrected chi connectivity index (χ3v) is 3.73. The summed E-state index contributed by atoms with van der Waals surface area (Å²) in [7, 11) is 0. The van der Waals surface area contributed by atoms with Crippen molar-refractivity contribution in [2.45, 2.75) is 26.0 Å². The average Bonchev–Trinajstić information content (AvgIpc) is 2.50. The number of nitrogens with one attached hydrogen (secondary N) is 1. The van der Waals surface area contributed by atoms with Crippen LogP contribution in [0.3, 0.4) is 0 Å². The molecule has 0 heterocycles. The van der Waals surface area contributed by atoms with Crippen molar-refractivity contribution in [1.82, 2.24) is 5.32 Å². The number of benzene rings is 2. The smallest absolute Gasteiger partial charge is 0.261 e. The molecule has 0 bridgehead atoms. The highest BCUT2D eigenvalue weighted by Crippen LogP contribution is 2.18. The Labute approximate surface area is 140 Å². The number of halogens is 2. The first-order valence-electron chi connectivity index (χ1n) is 6.94. The lowest BCUT2D eigenvalue weighted by atomic mass is 10.1. The van der Waals surface area contributed by atoms with Gasteiger partial charge in [-0.3, -0.25) is 4.79 Å². The van der Waals surface area contributed by atoms with Gasteiger partial charge in [0.25, 0.3) is 5.91 Å². The topological polar surface area (TPSA) is 38.3 Å². The Bertz CT molecular complexity index is 626. The van der Waals surface area contributed by atoms with E-state index >= 15 is 0 Å². The van der Waals surface area contributed by atoms with E-state index in [9.17, 15) is 4.79 Å². The van der Waals surface area contributed by atoms with Crippen molar-refractivity contribution >= 4 is 29.1 Å². The summed E-state index contributed by atoms with van der Waals surface area (Å²) in [6, 6.07) is 14.1. The van der Waals surface area contributed by atoms with Gasteiger partial charge in [0.1, 0.15) is 5.75 Å². The second kappa shape index (κ2) is 7.52. The SMILES string of the molecule is C[C@@H](Oc1ccc(Cl)cc1)C(=O)N[C@H](C)c1ccc(Cl)cc1. The normalized spacial score (nSPS) is 13.3. The molecule has 0 fully saturated rings. The molecule has 0 unspecified atom stereocenters. The molecule has 2 aromatic carbocycles. The monoisotopic (exact) mass is 337 g/mol. The van der Waals surface area contributed by atoms with Crippen LogP contribution < -0.4 is 10.1 Å². The molecule has 1 amide bonds. The maximum Gasteiger partial charge on any atom is 0.261 e. The highest BCUT2D eigenvalue weighted by molar-refractivity contribution is 6.30. The van der Waals surface area contributed by atoms with E-state index in [1.165, 1.54) is 0 Å². The maximum atomic E-state index is 12.2. The van der Waals surface area contributed by atoms with Gasteiger partial charge in [0.05, 0.1) is 6.04 Å². The molecule has 1 N–H and O–H groups in total. The second-order valence-electron chi connectivity index (χ2n) is 5.00. The molecule has 0 aromatic heterocycles. The van der Waals surface area contributed by atoms with Crippen molar-refractivity contribution < 1.29 is 9.53 Å². The van der Waals surface area contributed by atoms with Crippen LogP contribution in [-0.4, -0.2) is 12.0 Å². The molecule has 116 valence electrons. The van der Waals surface area contributed by atoms with E-state index in [1.807, 2.05) is 19.1 Å². The van der Waals surface area contributed by atoms with E-state index in [4.69, 9.17) is 27.9 Å². The third kappa shape index (κ3) is 4.65. The molecule has 22 heavy (non-hydrogen) atoms. The summed E-state index contributed by atoms with van der Waals surface area (Å²) in [5, 5.41) is 4.21. The zero-order valence-corrected chi connectivity index (χ0v) is 13.9. The standard InChI is InChI=1S/C17H17Cl2NO2/c1-11(13-3-5-14(18)6-4-13)20-17(21)12(2)22-16-9-7-15(19)8-10-16/h3-12H,1-2H3,(H,20,21)/t11-,12-/m1/s1. The van der Waals surface area contributed by atoms with E-state index in [1.54, 1.807) is 43.3 Å². The molecule has 0 aliphatic rings. The van der Waals surface area contributed by atoms with E-state index < -0.39 is 6.10 Å². The average molecular weight is 338 g/mol. The number of hydrogen-bond acceptors (Lipinski definition) is 2. The molecule has 0 saturated carbocycles. The summed E-state index contributed by atoms with van der Waals surface area (Å²) in [6.45, 7) is 3.62.